The number of nitrogens with two attached hydrogens (primary N) is 1. The molecule has 0 spiro atoms. The van der Waals surface area contributed by atoms with Gasteiger partial charge in [-0.3, -0.25) is 0 Å². The van der Waals surface area contributed by atoms with Gasteiger partial charge < -0.3 is 5.73 Å². The summed E-state index contributed by atoms with van der Waals surface area (Å²) in [5, 5.41) is 0.811. The topological polar surface area (TPSA) is 38.9 Å². The molecule has 0 aliphatic rings. The van der Waals surface area contributed by atoms with Crippen LogP contribution in [0.2, 0.25) is 0 Å². The molecule has 106 valence electrons. The number of rotatable bonds is 3. The molecule has 0 atom stereocenters. The third-order valence-electron chi connectivity index (χ3n) is 3.36. The fraction of sp³-hybridized carbons (Fsp3) is 0.118. The highest BCUT2D eigenvalue weighted by Gasteiger charge is 2.14. The van der Waals surface area contributed by atoms with Crippen LogP contribution in [0.25, 0.3) is 21.8 Å². The summed E-state index contributed by atoms with van der Waals surface area (Å²) in [4.78, 5) is 5.71. The lowest BCUT2D eigenvalue weighted by Crippen LogP contribution is -1.95. The summed E-state index contributed by atoms with van der Waals surface area (Å²) in [7, 11) is 0. The zero-order valence-corrected chi connectivity index (χ0v) is 12.5. The number of benzene rings is 2. The molecule has 4 heteroatoms. The maximum absolute atomic E-state index is 13.5. The molecule has 0 bridgehead atoms. The van der Waals surface area contributed by atoms with Gasteiger partial charge in [-0.1, -0.05) is 36.4 Å². The van der Waals surface area contributed by atoms with Gasteiger partial charge in [0.1, 0.15) is 10.8 Å². The van der Waals surface area contributed by atoms with Crippen LogP contribution in [0.4, 0.5) is 4.39 Å². The maximum Gasteiger partial charge on any atom is 0.124 e. The molecule has 3 rings (SSSR count). The van der Waals surface area contributed by atoms with Crippen molar-refractivity contribution in [3.8, 4) is 21.8 Å². The first kappa shape index (κ1) is 13.9. The smallest absolute Gasteiger partial charge is 0.124 e. The van der Waals surface area contributed by atoms with Crippen LogP contribution in [0, 0.1) is 12.7 Å². The summed E-state index contributed by atoms with van der Waals surface area (Å²) in [6.45, 7) is 2.39. The highest BCUT2D eigenvalue weighted by atomic mass is 32.1. The number of hydrogen-bond donors (Lipinski definition) is 1. The van der Waals surface area contributed by atoms with Gasteiger partial charge in [-0.25, -0.2) is 9.37 Å². The van der Waals surface area contributed by atoms with Gasteiger partial charge in [0.15, 0.2) is 0 Å². The van der Waals surface area contributed by atoms with E-state index in [2.05, 4.69) is 0 Å². The molecule has 21 heavy (non-hydrogen) atoms. The van der Waals surface area contributed by atoms with E-state index in [1.165, 1.54) is 23.5 Å². The van der Waals surface area contributed by atoms with E-state index in [1.807, 2.05) is 37.3 Å². The lowest BCUT2D eigenvalue weighted by atomic mass is 10.1. The van der Waals surface area contributed by atoms with Crippen molar-refractivity contribution in [3.05, 3.63) is 64.8 Å². The largest absolute Gasteiger partial charge is 0.326 e. The zero-order chi connectivity index (χ0) is 14.8. The number of aromatic nitrogens is 1. The number of aryl methyl sites for hydroxylation is 1. The minimum atomic E-state index is -0.249. The van der Waals surface area contributed by atoms with Crippen molar-refractivity contribution in [2.75, 3.05) is 0 Å². The molecule has 0 aliphatic heterocycles. The summed E-state index contributed by atoms with van der Waals surface area (Å²) in [5.41, 5.74) is 9.61. The first-order valence-electron chi connectivity index (χ1n) is 6.70. The Morgan fingerprint density at radius 1 is 1.14 bits per heavy atom. The summed E-state index contributed by atoms with van der Waals surface area (Å²) in [6.07, 6.45) is 0. The second kappa shape index (κ2) is 5.76. The summed E-state index contributed by atoms with van der Waals surface area (Å²) in [6, 6.07) is 14.7. The van der Waals surface area contributed by atoms with Gasteiger partial charge in [-0.15, -0.1) is 11.3 Å². The fourth-order valence-corrected chi connectivity index (χ4v) is 3.30. The SMILES string of the molecule is Cc1ccc(F)cc1-c1nc(-c2ccccc2)c(CN)s1. The first-order valence-corrected chi connectivity index (χ1v) is 7.52. The van der Waals surface area contributed by atoms with Crippen LogP contribution >= 0.6 is 11.3 Å². The van der Waals surface area contributed by atoms with E-state index < -0.39 is 0 Å². The number of halogens is 1. The quantitative estimate of drug-likeness (QED) is 0.779. The monoisotopic (exact) mass is 298 g/mol. The van der Waals surface area contributed by atoms with E-state index in [4.69, 9.17) is 10.7 Å². The van der Waals surface area contributed by atoms with E-state index in [-0.39, 0.29) is 5.82 Å². The van der Waals surface area contributed by atoms with Gasteiger partial charge in [0.2, 0.25) is 0 Å². The van der Waals surface area contributed by atoms with Crippen molar-refractivity contribution < 1.29 is 4.39 Å². The van der Waals surface area contributed by atoms with E-state index in [9.17, 15) is 4.39 Å². The zero-order valence-electron chi connectivity index (χ0n) is 11.6. The Balaban J connectivity index is 2.14. The maximum atomic E-state index is 13.5. The van der Waals surface area contributed by atoms with E-state index in [1.54, 1.807) is 6.07 Å². The Morgan fingerprint density at radius 2 is 1.90 bits per heavy atom. The predicted molar refractivity (Wildman–Crippen MR) is 85.6 cm³/mol. The van der Waals surface area contributed by atoms with Crippen molar-refractivity contribution in [3.63, 3.8) is 0 Å². The predicted octanol–water partition coefficient (Wildman–Crippen LogP) is 4.38. The molecule has 0 unspecified atom stereocenters. The number of hydrogen-bond acceptors (Lipinski definition) is 3. The highest BCUT2D eigenvalue weighted by molar-refractivity contribution is 7.15. The molecule has 0 amide bonds. The Kier molecular flexibility index (Phi) is 3.82. The minimum Gasteiger partial charge on any atom is -0.326 e. The van der Waals surface area contributed by atoms with Gasteiger partial charge in [0.05, 0.1) is 5.69 Å². The van der Waals surface area contributed by atoms with Gasteiger partial charge in [0.25, 0.3) is 0 Å². The van der Waals surface area contributed by atoms with Crippen LogP contribution in [0.1, 0.15) is 10.4 Å². The summed E-state index contributed by atoms with van der Waals surface area (Å²) in [5.74, 6) is -0.249. The van der Waals surface area contributed by atoms with Crippen molar-refractivity contribution in [2.45, 2.75) is 13.5 Å². The molecule has 2 nitrogen and oxygen atoms in total. The first-order chi connectivity index (χ1) is 10.2. The lowest BCUT2D eigenvalue weighted by Gasteiger charge is -2.01. The van der Waals surface area contributed by atoms with Gasteiger partial charge >= 0.3 is 0 Å². The Hall–Kier alpha value is -2.04. The molecule has 3 aromatic rings. The molecule has 0 saturated carbocycles. The van der Waals surface area contributed by atoms with Crippen LogP contribution in [-0.2, 0) is 6.54 Å². The minimum absolute atomic E-state index is 0.249. The Morgan fingerprint density at radius 3 is 2.62 bits per heavy atom. The van der Waals surface area contributed by atoms with E-state index >= 15 is 0 Å². The van der Waals surface area contributed by atoms with Crippen molar-refractivity contribution in [1.82, 2.24) is 4.98 Å². The molecule has 0 aliphatic carbocycles. The van der Waals surface area contributed by atoms with Crippen molar-refractivity contribution in [2.24, 2.45) is 5.73 Å². The standard InChI is InChI=1S/C17H15FN2S/c1-11-7-8-13(18)9-14(11)17-20-16(15(10-19)21-17)12-5-3-2-4-6-12/h2-9H,10,19H2,1H3. The Labute approximate surface area is 127 Å². The van der Waals surface area contributed by atoms with Crippen molar-refractivity contribution in [1.29, 1.82) is 0 Å². The van der Waals surface area contributed by atoms with E-state index in [0.29, 0.717) is 6.54 Å². The Bertz CT molecular complexity index is 766. The fourth-order valence-electron chi connectivity index (χ4n) is 2.25. The normalized spacial score (nSPS) is 10.8. The van der Waals surface area contributed by atoms with E-state index in [0.717, 1.165) is 32.3 Å². The molecule has 2 aromatic carbocycles. The van der Waals surface area contributed by atoms with Crippen LogP contribution < -0.4 is 5.73 Å². The van der Waals surface area contributed by atoms with Crippen LogP contribution in [0.15, 0.2) is 48.5 Å². The molecular weight excluding hydrogens is 283 g/mol. The van der Waals surface area contributed by atoms with Crippen LogP contribution in [0.5, 0.6) is 0 Å². The molecule has 1 heterocycles. The molecule has 1 aromatic heterocycles. The average molecular weight is 298 g/mol. The third kappa shape index (κ3) is 2.73. The number of thiazole rings is 1. The van der Waals surface area contributed by atoms with Gasteiger partial charge in [-0.2, -0.15) is 0 Å². The van der Waals surface area contributed by atoms with Crippen LogP contribution in [-0.4, -0.2) is 4.98 Å². The molecule has 0 saturated heterocycles. The molecule has 0 fully saturated rings. The van der Waals surface area contributed by atoms with Crippen molar-refractivity contribution >= 4 is 11.3 Å². The van der Waals surface area contributed by atoms with Crippen LogP contribution in [0.3, 0.4) is 0 Å². The summed E-state index contributed by atoms with van der Waals surface area (Å²) >= 11 is 1.53. The molecule has 0 radical (unpaired) electrons. The third-order valence-corrected chi connectivity index (χ3v) is 4.47. The number of nitrogens with zero attached hydrogens (tertiary/aromatic N) is 1. The molecule has 2 N–H and O–H groups in total. The molecular formula is C17H15FN2S. The summed E-state index contributed by atoms with van der Waals surface area (Å²) < 4.78 is 13.5. The highest BCUT2D eigenvalue weighted by Crippen LogP contribution is 2.35. The second-order valence-electron chi connectivity index (χ2n) is 4.82. The van der Waals surface area contributed by atoms with Gasteiger partial charge in [0, 0.05) is 22.5 Å². The van der Waals surface area contributed by atoms with Gasteiger partial charge in [-0.05, 0) is 24.6 Å². The average Bonchev–Trinajstić information content (AvgIpc) is 2.94. The lowest BCUT2D eigenvalue weighted by molar-refractivity contribution is 0.628. The second-order valence-corrected chi connectivity index (χ2v) is 5.90.